The van der Waals surface area contributed by atoms with Gasteiger partial charge in [0.15, 0.2) is 5.16 Å². The van der Waals surface area contributed by atoms with Crippen LogP contribution in [0.3, 0.4) is 0 Å². The molecule has 0 spiro atoms. The third-order valence-electron chi connectivity index (χ3n) is 4.90. The first-order valence-corrected chi connectivity index (χ1v) is 11.5. The maximum atomic E-state index is 12.9. The Hall–Kier alpha value is -3.18. The normalized spacial score (nSPS) is 11.2. The maximum Gasteiger partial charge on any atom is 0.348 e. The number of H-pyrrole nitrogens is 1. The van der Waals surface area contributed by atoms with E-state index in [0.29, 0.717) is 16.4 Å². The molecule has 0 unspecified atom stereocenters. The standard InChI is InChI=1S/C21H20N4O5S2/c1-4-25-13-8-6-5-7-12(13)22-21(25)31-10-14-23-18(27)16-11(9-15(26)29-2)17(20(28)30-3)32-19(16)24-14/h5-8H,4,9-10H2,1-3H3,(H,23,24,27). The number of hydrogen-bond donors (Lipinski definition) is 1. The number of thioether (sulfide) groups is 1. The van der Waals surface area contributed by atoms with E-state index >= 15 is 0 Å². The summed E-state index contributed by atoms with van der Waals surface area (Å²) in [6.07, 6.45) is -0.222. The summed E-state index contributed by atoms with van der Waals surface area (Å²) in [5.74, 6) is -0.359. The van der Waals surface area contributed by atoms with Crippen LogP contribution in [0, 0.1) is 0 Å². The van der Waals surface area contributed by atoms with Crippen LogP contribution in [-0.2, 0) is 33.0 Å². The number of fused-ring (bicyclic) bond motifs is 2. The Kier molecular flexibility index (Phi) is 6.28. The number of aromatic nitrogens is 4. The van der Waals surface area contributed by atoms with Crippen LogP contribution in [0.5, 0.6) is 0 Å². The fourth-order valence-electron chi connectivity index (χ4n) is 3.42. The zero-order valence-corrected chi connectivity index (χ0v) is 19.3. The first kappa shape index (κ1) is 22.0. The van der Waals surface area contributed by atoms with E-state index in [-0.39, 0.29) is 22.2 Å². The Morgan fingerprint density at radius 2 is 1.97 bits per heavy atom. The predicted octanol–water partition coefficient (Wildman–Crippen LogP) is 3.15. The number of carbonyl (C=O) groups is 2. The van der Waals surface area contributed by atoms with Crippen LogP contribution in [0.15, 0.2) is 34.2 Å². The zero-order valence-electron chi connectivity index (χ0n) is 17.6. The predicted molar refractivity (Wildman–Crippen MR) is 122 cm³/mol. The summed E-state index contributed by atoms with van der Waals surface area (Å²) in [5.41, 5.74) is 1.80. The van der Waals surface area contributed by atoms with Crippen LogP contribution < -0.4 is 5.56 Å². The number of carbonyl (C=O) groups excluding carboxylic acids is 2. The van der Waals surface area contributed by atoms with Gasteiger partial charge in [-0.25, -0.2) is 14.8 Å². The van der Waals surface area contributed by atoms with E-state index < -0.39 is 17.5 Å². The molecule has 0 saturated carbocycles. The lowest BCUT2D eigenvalue weighted by atomic mass is 10.1. The third kappa shape index (κ3) is 4.00. The van der Waals surface area contributed by atoms with Gasteiger partial charge in [0.2, 0.25) is 0 Å². The van der Waals surface area contributed by atoms with Crippen LogP contribution in [-0.4, -0.2) is 45.7 Å². The Bertz CT molecular complexity index is 1390. The average Bonchev–Trinajstić information content (AvgIpc) is 3.35. The smallest absolute Gasteiger partial charge is 0.348 e. The van der Waals surface area contributed by atoms with Crippen LogP contribution in [0.2, 0.25) is 0 Å². The number of methoxy groups -OCH3 is 2. The second-order valence-corrected chi connectivity index (χ2v) is 8.70. The van der Waals surface area contributed by atoms with E-state index in [1.165, 1.54) is 26.0 Å². The molecule has 4 aromatic rings. The number of hydrogen-bond acceptors (Lipinski definition) is 9. The van der Waals surface area contributed by atoms with Gasteiger partial charge in [-0.15, -0.1) is 11.3 Å². The van der Waals surface area contributed by atoms with Crippen molar-refractivity contribution in [2.75, 3.05) is 14.2 Å². The fraction of sp³-hybridized carbons (Fsp3) is 0.286. The summed E-state index contributed by atoms with van der Waals surface area (Å²) in [7, 11) is 2.49. The Morgan fingerprint density at radius 1 is 1.19 bits per heavy atom. The van der Waals surface area contributed by atoms with Crippen LogP contribution in [0.4, 0.5) is 0 Å². The van der Waals surface area contributed by atoms with E-state index in [0.717, 1.165) is 34.1 Å². The average molecular weight is 473 g/mol. The lowest BCUT2D eigenvalue weighted by molar-refractivity contribution is -0.139. The van der Waals surface area contributed by atoms with E-state index in [4.69, 9.17) is 9.47 Å². The third-order valence-corrected chi connectivity index (χ3v) is 7.00. The molecule has 1 N–H and O–H groups in total. The molecule has 3 heterocycles. The summed E-state index contributed by atoms with van der Waals surface area (Å²) in [6, 6.07) is 7.89. The van der Waals surface area contributed by atoms with E-state index in [1.807, 2.05) is 31.2 Å². The first-order chi connectivity index (χ1) is 15.5. The van der Waals surface area contributed by atoms with Gasteiger partial charge in [0, 0.05) is 12.1 Å². The minimum Gasteiger partial charge on any atom is -0.469 e. The SMILES string of the molecule is CCn1c(SCc2nc3sc(C(=O)OC)c(CC(=O)OC)c3c(=O)[nH]2)nc2ccccc21. The van der Waals surface area contributed by atoms with Gasteiger partial charge in [-0.2, -0.15) is 0 Å². The number of esters is 2. The molecular weight excluding hydrogens is 452 g/mol. The maximum absolute atomic E-state index is 12.9. The molecule has 0 atom stereocenters. The fourth-order valence-corrected chi connectivity index (χ4v) is 5.50. The highest BCUT2D eigenvalue weighted by atomic mass is 32.2. The highest BCUT2D eigenvalue weighted by Gasteiger charge is 2.25. The van der Waals surface area contributed by atoms with Gasteiger partial charge in [0.05, 0.1) is 42.8 Å². The van der Waals surface area contributed by atoms with Gasteiger partial charge < -0.3 is 19.0 Å². The minimum atomic E-state index is -0.626. The number of para-hydroxylation sites is 2. The van der Waals surface area contributed by atoms with Gasteiger partial charge >= 0.3 is 11.9 Å². The molecule has 166 valence electrons. The van der Waals surface area contributed by atoms with E-state index in [1.54, 1.807) is 0 Å². The van der Waals surface area contributed by atoms with Gasteiger partial charge in [-0.1, -0.05) is 23.9 Å². The quantitative estimate of drug-likeness (QED) is 0.322. The summed E-state index contributed by atoms with van der Waals surface area (Å²) in [6.45, 7) is 2.81. The Labute approximate surface area is 190 Å². The van der Waals surface area contributed by atoms with Crippen molar-refractivity contribution in [2.45, 2.75) is 30.8 Å². The summed E-state index contributed by atoms with van der Waals surface area (Å²) in [5, 5.41) is 1.03. The molecule has 11 heteroatoms. The summed E-state index contributed by atoms with van der Waals surface area (Å²) in [4.78, 5) is 49.4. The summed E-state index contributed by atoms with van der Waals surface area (Å²) >= 11 is 2.49. The number of aryl methyl sites for hydroxylation is 1. The van der Waals surface area contributed by atoms with Crippen molar-refractivity contribution in [3.63, 3.8) is 0 Å². The number of imidazole rings is 1. The van der Waals surface area contributed by atoms with Gasteiger partial charge in [0.1, 0.15) is 15.5 Å². The largest absolute Gasteiger partial charge is 0.469 e. The molecular formula is C21H20N4O5S2. The monoisotopic (exact) mass is 472 g/mol. The number of ether oxygens (including phenoxy) is 2. The van der Waals surface area contributed by atoms with Crippen molar-refractivity contribution in [3.05, 3.63) is 50.9 Å². The van der Waals surface area contributed by atoms with Crippen molar-refractivity contribution in [1.29, 1.82) is 0 Å². The number of rotatable bonds is 7. The molecule has 32 heavy (non-hydrogen) atoms. The Morgan fingerprint density at radius 3 is 2.69 bits per heavy atom. The zero-order chi connectivity index (χ0) is 22.8. The van der Waals surface area contributed by atoms with Crippen molar-refractivity contribution in [1.82, 2.24) is 19.5 Å². The van der Waals surface area contributed by atoms with E-state index in [2.05, 4.69) is 19.5 Å². The molecule has 1 aromatic carbocycles. The van der Waals surface area contributed by atoms with Gasteiger partial charge in [-0.05, 0) is 19.1 Å². The van der Waals surface area contributed by atoms with Crippen LogP contribution in [0.1, 0.15) is 28.0 Å². The molecule has 3 aromatic heterocycles. The highest BCUT2D eigenvalue weighted by molar-refractivity contribution is 7.98. The summed E-state index contributed by atoms with van der Waals surface area (Å²) < 4.78 is 11.6. The highest BCUT2D eigenvalue weighted by Crippen LogP contribution is 2.30. The minimum absolute atomic E-state index is 0.170. The molecule has 0 amide bonds. The molecule has 0 aliphatic rings. The number of benzene rings is 1. The molecule has 0 radical (unpaired) electrons. The lowest BCUT2D eigenvalue weighted by Crippen LogP contribution is -2.15. The second-order valence-electron chi connectivity index (χ2n) is 6.76. The molecule has 4 rings (SSSR count). The van der Waals surface area contributed by atoms with Crippen LogP contribution in [0.25, 0.3) is 21.3 Å². The number of nitrogens with zero attached hydrogens (tertiary/aromatic N) is 3. The van der Waals surface area contributed by atoms with Gasteiger partial charge in [0.25, 0.3) is 5.56 Å². The Balaban J connectivity index is 1.70. The molecule has 0 aliphatic heterocycles. The topological polar surface area (TPSA) is 116 Å². The van der Waals surface area contributed by atoms with Crippen molar-refractivity contribution >= 4 is 56.3 Å². The lowest BCUT2D eigenvalue weighted by Gasteiger charge is -2.05. The molecule has 0 fully saturated rings. The van der Waals surface area contributed by atoms with Crippen molar-refractivity contribution < 1.29 is 19.1 Å². The number of thiophene rings is 1. The van der Waals surface area contributed by atoms with E-state index in [9.17, 15) is 14.4 Å². The molecule has 0 saturated heterocycles. The molecule has 9 nitrogen and oxygen atoms in total. The van der Waals surface area contributed by atoms with Crippen LogP contribution >= 0.6 is 23.1 Å². The molecule has 0 bridgehead atoms. The van der Waals surface area contributed by atoms with Gasteiger partial charge in [-0.3, -0.25) is 9.59 Å². The second kappa shape index (κ2) is 9.13. The number of nitrogens with one attached hydrogen (secondary N) is 1. The van der Waals surface area contributed by atoms with Crippen molar-refractivity contribution in [2.24, 2.45) is 0 Å². The number of aromatic amines is 1. The first-order valence-electron chi connectivity index (χ1n) is 9.74. The van der Waals surface area contributed by atoms with Crippen molar-refractivity contribution in [3.8, 4) is 0 Å². The molecule has 0 aliphatic carbocycles.